The summed E-state index contributed by atoms with van der Waals surface area (Å²) in [5.74, 6) is 0. The lowest BCUT2D eigenvalue weighted by molar-refractivity contribution is 1.19. The third kappa shape index (κ3) is 3.07. The van der Waals surface area contributed by atoms with Gasteiger partial charge in [-0.3, -0.25) is 0 Å². The number of para-hydroxylation sites is 1. The number of thiophene rings is 1. The summed E-state index contributed by atoms with van der Waals surface area (Å²) in [6, 6.07) is 47.2. The van der Waals surface area contributed by atoms with E-state index < -0.39 is 0 Å². The van der Waals surface area contributed by atoms with Crippen molar-refractivity contribution in [3.05, 3.63) is 139 Å². The maximum atomic E-state index is 2.45. The first-order chi connectivity index (χ1) is 19.3. The van der Waals surface area contributed by atoms with Crippen LogP contribution < -0.4 is 0 Å². The molecule has 0 bridgehead atoms. The Hall–Kier alpha value is -4.66. The molecule has 1 aliphatic carbocycles. The maximum absolute atomic E-state index is 2.45. The van der Waals surface area contributed by atoms with Gasteiger partial charge in [0.15, 0.2) is 0 Å². The number of rotatable bonds is 2. The molecule has 39 heavy (non-hydrogen) atoms. The highest BCUT2D eigenvalue weighted by atomic mass is 32.1. The van der Waals surface area contributed by atoms with Crippen molar-refractivity contribution in [1.82, 2.24) is 4.57 Å². The van der Waals surface area contributed by atoms with Crippen molar-refractivity contribution < 1.29 is 0 Å². The largest absolute Gasteiger partial charge is 0.309 e. The average molecular weight is 514 g/mol. The van der Waals surface area contributed by atoms with Gasteiger partial charge < -0.3 is 4.57 Å². The summed E-state index contributed by atoms with van der Waals surface area (Å²) in [5, 5.41) is 5.26. The molecule has 0 unspecified atom stereocenters. The fourth-order valence-electron chi connectivity index (χ4n) is 6.61. The Kier molecular flexibility index (Phi) is 4.33. The number of benzene rings is 6. The summed E-state index contributed by atoms with van der Waals surface area (Å²) in [4.78, 5) is 0. The molecule has 0 atom stereocenters. The van der Waals surface area contributed by atoms with Gasteiger partial charge in [-0.05, 0) is 70.1 Å². The van der Waals surface area contributed by atoms with E-state index in [9.17, 15) is 0 Å². The van der Waals surface area contributed by atoms with Crippen LogP contribution in [-0.4, -0.2) is 4.57 Å². The topological polar surface area (TPSA) is 4.93 Å². The molecule has 0 aliphatic heterocycles. The molecular formula is C37H23NS. The van der Waals surface area contributed by atoms with Crippen LogP contribution in [0, 0.1) is 0 Å². The zero-order valence-electron chi connectivity index (χ0n) is 21.2. The molecule has 0 amide bonds. The van der Waals surface area contributed by atoms with Gasteiger partial charge in [-0.2, -0.15) is 0 Å². The van der Waals surface area contributed by atoms with Crippen LogP contribution in [0.5, 0.6) is 0 Å². The fraction of sp³-hybridized carbons (Fsp3) is 0.0270. The highest BCUT2D eigenvalue weighted by molar-refractivity contribution is 7.25. The molecule has 2 aromatic heterocycles. The number of hydrogen-bond acceptors (Lipinski definition) is 1. The van der Waals surface area contributed by atoms with Gasteiger partial charge in [0.25, 0.3) is 0 Å². The van der Waals surface area contributed by atoms with Crippen molar-refractivity contribution in [2.24, 2.45) is 0 Å². The van der Waals surface area contributed by atoms with Crippen molar-refractivity contribution in [2.45, 2.75) is 6.42 Å². The second kappa shape index (κ2) is 7.92. The number of hydrogen-bond donors (Lipinski definition) is 0. The Balaban J connectivity index is 1.25. The van der Waals surface area contributed by atoms with E-state index in [0.717, 1.165) is 6.42 Å². The molecule has 182 valence electrons. The molecule has 8 aromatic rings. The summed E-state index contributed by atoms with van der Waals surface area (Å²) >= 11 is 1.88. The summed E-state index contributed by atoms with van der Waals surface area (Å²) in [6.07, 6.45) is 1.01. The minimum absolute atomic E-state index is 1.01. The van der Waals surface area contributed by atoms with Gasteiger partial charge in [0.05, 0.1) is 11.0 Å². The number of aromatic nitrogens is 1. The Labute approximate surface area is 230 Å². The van der Waals surface area contributed by atoms with Crippen molar-refractivity contribution in [3.63, 3.8) is 0 Å². The average Bonchev–Trinajstić information content (AvgIpc) is 3.65. The second-order valence-electron chi connectivity index (χ2n) is 10.6. The van der Waals surface area contributed by atoms with E-state index in [2.05, 4.69) is 132 Å². The molecule has 2 heterocycles. The Morgan fingerprint density at radius 1 is 0.462 bits per heavy atom. The van der Waals surface area contributed by atoms with Gasteiger partial charge in [0.1, 0.15) is 0 Å². The first-order valence-electron chi connectivity index (χ1n) is 13.5. The van der Waals surface area contributed by atoms with Gasteiger partial charge >= 0.3 is 0 Å². The highest BCUT2D eigenvalue weighted by Crippen LogP contribution is 2.41. The molecule has 0 fully saturated rings. The van der Waals surface area contributed by atoms with Crippen molar-refractivity contribution in [2.75, 3.05) is 0 Å². The van der Waals surface area contributed by atoms with Crippen LogP contribution in [0.4, 0.5) is 0 Å². The van der Waals surface area contributed by atoms with Crippen molar-refractivity contribution >= 4 is 53.3 Å². The molecule has 0 saturated carbocycles. The molecule has 0 N–H and O–H groups in total. The van der Waals surface area contributed by atoms with E-state index in [1.165, 1.54) is 81.0 Å². The smallest absolute Gasteiger partial charge is 0.0547 e. The summed E-state index contributed by atoms with van der Waals surface area (Å²) < 4.78 is 5.11. The number of nitrogens with zero attached hydrogens (tertiary/aromatic N) is 1. The number of fused-ring (bicyclic) bond motifs is 9. The van der Waals surface area contributed by atoms with Crippen LogP contribution in [0.25, 0.3) is 69.9 Å². The van der Waals surface area contributed by atoms with E-state index in [-0.39, 0.29) is 0 Å². The molecule has 1 aliphatic rings. The molecule has 9 rings (SSSR count). The normalized spacial score (nSPS) is 12.5. The van der Waals surface area contributed by atoms with Gasteiger partial charge in [-0.1, -0.05) is 97.1 Å². The van der Waals surface area contributed by atoms with Crippen LogP contribution in [0.1, 0.15) is 11.1 Å². The molecule has 2 heteroatoms. The van der Waals surface area contributed by atoms with E-state index >= 15 is 0 Å². The van der Waals surface area contributed by atoms with E-state index in [0.29, 0.717) is 0 Å². The lowest BCUT2D eigenvalue weighted by Gasteiger charge is -2.10. The van der Waals surface area contributed by atoms with Crippen molar-refractivity contribution in [3.8, 4) is 27.9 Å². The zero-order chi connectivity index (χ0) is 25.5. The predicted molar refractivity (Wildman–Crippen MR) is 167 cm³/mol. The highest BCUT2D eigenvalue weighted by Gasteiger charge is 2.19. The first-order valence-corrected chi connectivity index (χ1v) is 14.3. The van der Waals surface area contributed by atoms with Crippen LogP contribution in [0.15, 0.2) is 127 Å². The zero-order valence-corrected chi connectivity index (χ0v) is 22.0. The third-order valence-electron chi connectivity index (χ3n) is 8.42. The van der Waals surface area contributed by atoms with Gasteiger partial charge in [-0.15, -0.1) is 11.3 Å². The van der Waals surface area contributed by atoms with Crippen molar-refractivity contribution in [1.29, 1.82) is 0 Å². The van der Waals surface area contributed by atoms with Gasteiger partial charge in [0, 0.05) is 36.6 Å². The van der Waals surface area contributed by atoms with E-state index in [1.807, 2.05) is 11.3 Å². The lowest BCUT2D eigenvalue weighted by atomic mass is 9.98. The summed E-state index contributed by atoms with van der Waals surface area (Å²) in [5.41, 5.74) is 11.8. The van der Waals surface area contributed by atoms with Crippen LogP contribution >= 0.6 is 11.3 Å². The lowest BCUT2D eigenvalue weighted by Crippen LogP contribution is -1.93. The molecular weight excluding hydrogens is 490 g/mol. The Bertz CT molecular complexity index is 2260. The second-order valence-corrected chi connectivity index (χ2v) is 11.7. The SMILES string of the molecule is c1ccc2c(c1)Cc1cc(-c3ccc4c5ccccc5n(-c5ccc6c(c5)sc5ccccc56)c4c3)ccc1-2. The van der Waals surface area contributed by atoms with E-state index in [4.69, 9.17) is 0 Å². The van der Waals surface area contributed by atoms with Gasteiger partial charge in [-0.25, -0.2) is 0 Å². The Morgan fingerprint density at radius 3 is 2.13 bits per heavy atom. The minimum Gasteiger partial charge on any atom is -0.309 e. The monoisotopic (exact) mass is 513 g/mol. The Morgan fingerprint density at radius 2 is 1.15 bits per heavy atom. The molecule has 0 saturated heterocycles. The molecule has 0 spiro atoms. The fourth-order valence-corrected chi connectivity index (χ4v) is 7.75. The minimum atomic E-state index is 1.01. The maximum Gasteiger partial charge on any atom is 0.0547 e. The quantitative estimate of drug-likeness (QED) is 0.217. The predicted octanol–water partition coefficient (Wildman–Crippen LogP) is 10.4. The van der Waals surface area contributed by atoms with E-state index in [1.54, 1.807) is 0 Å². The molecule has 0 radical (unpaired) electrons. The van der Waals surface area contributed by atoms with Crippen LogP contribution in [0.3, 0.4) is 0 Å². The van der Waals surface area contributed by atoms with Crippen LogP contribution in [0.2, 0.25) is 0 Å². The molecule has 1 nitrogen and oxygen atoms in total. The summed E-state index contributed by atoms with van der Waals surface area (Å²) in [6.45, 7) is 0. The standard InChI is InChI=1S/C37H23NS/c1-2-8-28-25(7-1)20-26-19-23(13-16-29(26)28)24-14-17-31-30-9-3-5-11-34(30)38(35(31)21-24)27-15-18-33-32-10-4-6-12-36(32)39-37(33)22-27/h1-19,21-22H,20H2. The van der Waals surface area contributed by atoms with Crippen LogP contribution in [-0.2, 0) is 6.42 Å². The van der Waals surface area contributed by atoms with Gasteiger partial charge in [0.2, 0.25) is 0 Å². The molecule has 6 aromatic carbocycles. The first kappa shape index (κ1) is 21.3. The summed E-state index contributed by atoms with van der Waals surface area (Å²) in [7, 11) is 0. The third-order valence-corrected chi connectivity index (χ3v) is 9.55.